The maximum absolute atomic E-state index is 13.0. The minimum atomic E-state index is 0.0286. The van der Waals surface area contributed by atoms with Gasteiger partial charge in [0.15, 0.2) is 5.78 Å². The topological polar surface area (TPSA) is 25.2 Å². The first kappa shape index (κ1) is 23.7. The van der Waals surface area contributed by atoms with Crippen LogP contribution in [0.15, 0.2) is 158 Å². The second kappa shape index (κ2) is 10.0. The smallest absolute Gasteiger partial charge is 0.193 e. The molecule has 0 amide bonds. The number of rotatable bonds is 6. The van der Waals surface area contributed by atoms with Crippen LogP contribution in [0.5, 0.6) is 0 Å². The van der Waals surface area contributed by atoms with Crippen LogP contribution in [0.1, 0.15) is 15.9 Å². The molecule has 0 aliphatic rings. The van der Waals surface area contributed by atoms with E-state index in [1.165, 1.54) is 10.8 Å². The standard InChI is InChI=1S/C37H26N2O/c40-37(27-12-4-1-5-13-27)28-20-22-31(23-21-28)39-35-19-11-10-18-33(35)34-26-32(24-25-36(34)39)38(29-14-6-2-7-15-29)30-16-8-3-9-17-30/h1-26H. The lowest BCUT2D eigenvalue weighted by molar-refractivity contribution is 0.103. The van der Waals surface area contributed by atoms with Gasteiger partial charge in [0.05, 0.1) is 11.0 Å². The van der Waals surface area contributed by atoms with Crippen molar-refractivity contribution in [1.82, 2.24) is 4.57 Å². The van der Waals surface area contributed by atoms with Crippen LogP contribution in [0.25, 0.3) is 27.5 Å². The highest BCUT2D eigenvalue weighted by molar-refractivity contribution is 6.11. The van der Waals surface area contributed by atoms with Crippen molar-refractivity contribution in [1.29, 1.82) is 0 Å². The third-order valence-corrected chi connectivity index (χ3v) is 7.37. The highest BCUT2D eigenvalue weighted by Crippen LogP contribution is 2.39. The lowest BCUT2D eigenvalue weighted by atomic mass is 10.0. The first-order valence-corrected chi connectivity index (χ1v) is 13.4. The molecule has 190 valence electrons. The Morgan fingerprint density at radius 1 is 0.450 bits per heavy atom. The van der Waals surface area contributed by atoms with Gasteiger partial charge in [0.1, 0.15) is 0 Å². The third kappa shape index (κ3) is 4.14. The summed E-state index contributed by atoms with van der Waals surface area (Å²) in [5.41, 5.74) is 7.95. The van der Waals surface area contributed by atoms with E-state index in [-0.39, 0.29) is 5.78 Å². The van der Waals surface area contributed by atoms with Crippen molar-refractivity contribution in [2.75, 3.05) is 4.90 Å². The number of anilines is 3. The fourth-order valence-corrected chi connectivity index (χ4v) is 5.50. The minimum absolute atomic E-state index is 0.0286. The molecule has 0 radical (unpaired) electrons. The van der Waals surface area contributed by atoms with Gasteiger partial charge in [-0.1, -0.05) is 84.9 Å². The number of ketones is 1. The molecule has 0 atom stereocenters. The Morgan fingerprint density at radius 2 is 0.975 bits per heavy atom. The highest BCUT2D eigenvalue weighted by atomic mass is 16.1. The second-order valence-corrected chi connectivity index (χ2v) is 9.80. The molecule has 3 nitrogen and oxygen atoms in total. The van der Waals surface area contributed by atoms with Gasteiger partial charge in [-0.15, -0.1) is 0 Å². The monoisotopic (exact) mass is 514 g/mol. The highest BCUT2D eigenvalue weighted by Gasteiger charge is 2.17. The Labute approximate surface area is 233 Å². The van der Waals surface area contributed by atoms with E-state index in [9.17, 15) is 4.79 Å². The molecular weight excluding hydrogens is 488 g/mol. The van der Waals surface area contributed by atoms with Crippen LogP contribution >= 0.6 is 0 Å². The van der Waals surface area contributed by atoms with Crippen LogP contribution in [-0.2, 0) is 0 Å². The summed E-state index contributed by atoms with van der Waals surface area (Å²) in [7, 11) is 0. The van der Waals surface area contributed by atoms with E-state index in [1.54, 1.807) is 0 Å². The van der Waals surface area contributed by atoms with Crippen LogP contribution in [-0.4, -0.2) is 10.4 Å². The molecule has 3 heteroatoms. The summed E-state index contributed by atoms with van der Waals surface area (Å²) in [6.07, 6.45) is 0. The van der Waals surface area contributed by atoms with Crippen molar-refractivity contribution in [3.8, 4) is 5.69 Å². The Hall–Kier alpha value is -5.41. The molecule has 1 heterocycles. The van der Waals surface area contributed by atoms with Gasteiger partial charge in [0.2, 0.25) is 0 Å². The number of aromatic nitrogens is 1. The predicted octanol–water partition coefficient (Wildman–Crippen LogP) is 9.48. The minimum Gasteiger partial charge on any atom is -0.310 e. The molecule has 0 aliphatic heterocycles. The van der Waals surface area contributed by atoms with Crippen LogP contribution in [0.2, 0.25) is 0 Å². The van der Waals surface area contributed by atoms with Crippen molar-refractivity contribution in [2.24, 2.45) is 0 Å². The van der Waals surface area contributed by atoms with E-state index in [1.807, 2.05) is 66.7 Å². The predicted molar refractivity (Wildman–Crippen MR) is 165 cm³/mol. The molecule has 0 spiro atoms. The summed E-state index contributed by atoms with van der Waals surface area (Å²) >= 11 is 0. The average Bonchev–Trinajstić information content (AvgIpc) is 3.36. The fraction of sp³-hybridized carbons (Fsp3) is 0. The van der Waals surface area contributed by atoms with Crippen LogP contribution in [0.3, 0.4) is 0 Å². The van der Waals surface area contributed by atoms with Gasteiger partial charge in [0, 0.05) is 44.6 Å². The van der Waals surface area contributed by atoms with Crippen LogP contribution in [0, 0.1) is 0 Å². The summed E-state index contributed by atoms with van der Waals surface area (Å²) < 4.78 is 2.28. The number of carbonyl (C=O) groups excluding carboxylic acids is 1. The summed E-state index contributed by atoms with van der Waals surface area (Å²) in [5, 5.41) is 2.36. The molecule has 0 aliphatic carbocycles. The van der Waals surface area contributed by atoms with Crippen molar-refractivity contribution < 1.29 is 4.79 Å². The molecule has 0 fully saturated rings. The fourth-order valence-electron chi connectivity index (χ4n) is 5.50. The number of benzene rings is 6. The molecule has 0 bridgehead atoms. The lowest BCUT2D eigenvalue weighted by Gasteiger charge is -2.25. The van der Waals surface area contributed by atoms with Gasteiger partial charge in [-0.2, -0.15) is 0 Å². The zero-order chi connectivity index (χ0) is 26.9. The van der Waals surface area contributed by atoms with Crippen molar-refractivity contribution in [3.63, 3.8) is 0 Å². The van der Waals surface area contributed by atoms with Gasteiger partial charge in [-0.25, -0.2) is 0 Å². The Bertz CT molecular complexity index is 1900. The molecule has 0 saturated heterocycles. The van der Waals surface area contributed by atoms with Gasteiger partial charge in [0.25, 0.3) is 0 Å². The third-order valence-electron chi connectivity index (χ3n) is 7.37. The quantitative estimate of drug-likeness (QED) is 0.207. The van der Waals surface area contributed by atoms with E-state index >= 15 is 0 Å². The SMILES string of the molecule is O=C(c1ccccc1)c1ccc(-n2c3ccccc3c3cc(N(c4ccccc4)c4ccccc4)ccc32)cc1. The van der Waals surface area contributed by atoms with E-state index in [0.717, 1.165) is 33.8 Å². The first-order chi connectivity index (χ1) is 19.8. The number of carbonyl (C=O) groups is 1. The molecule has 1 aromatic heterocycles. The number of hydrogen-bond acceptors (Lipinski definition) is 2. The van der Waals surface area contributed by atoms with Crippen LogP contribution in [0.4, 0.5) is 17.1 Å². The van der Waals surface area contributed by atoms with E-state index in [2.05, 4.69) is 100 Å². The summed E-state index contributed by atoms with van der Waals surface area (Å²) in [6, 6.07) is 53.4. The molecule has 6 aromatic carbocycles. The first-order valence-electron chi connectivity index (χ1n) is 13.4. The maximum atomic E-state index is 13.0. The molecule has 7 aromatic rings. The van der Waals surface area contributed by atoms with E-state index < -0.39 is 0 Å². The molecular formula is C37H26N2O. The van der Waals surface area contributed by atoms with Crippen molar-refractivity contribution in [3.05, 3.63) is 169 Å². The largest absolute Gasteiger partial charge is 0.310 e. The van der Waals surface area contributed by atoms with E-state index in [0.29, 0.717) is 11.1 Å². The average molecular weight is 515 g/mol. The van der Waals surface area contributed by atoms with Crippen LogP contribution < -0.4 is 4.90 Å². The normalized spacial score (nSPS) is 11.1. The molecule has 40 heavy (non-hydrogen) atoms. The van der Waals surface area contributed by atoms with E-state index in [4.69, 9.17) is 0 Å². The maximum Gasteiger partial charge on any atom is 0.193 e. The Morgan fingerprint density at radius 3 is 1.62 bits per heavy atom. The molecule has 0 unspecified atom stereocenters. The molecule has 0 N–H and O–H groups in total. The van der Waals surface area contributed by atoms with Gasteiger partial charge in [-0.3, -0.25) is 4.79 Å². The molecule has 0 saturated carbocycles. The second-order valence-electron chi connectivity index (χ2n) is 9.80. The summed E-state index contributed by atoms with van der Waals surface area (Å²) in [6.45, 7) is 0. The Balaban J connectivity index is 1.36. The number of para-hydroxylation sites is 3. The van der Waals surface area contributed by atoms with Gasteiger partial charge < -0.3 is 9.47 Å². The summed E-state index contributed by atoms with van der Waals surface area (Å²) in [5.74, 6) is 0.0286. The number of hydrogen-bond donors (Lipinski definition) is 0. The van der Waals surface area contributed by atoms with Crippen molar-refractivity contribution in [2.45, 2.75) is 0 Å². The lowest BCUT2D eigenvalue weighted by Crippen LogP contribution is -2.09. The van der Waals surface area contributed by atoms with Gasteiger partial charge >= 0.3 is 0 Å². The zero-order valence-electron chi connectivity index (χ0n) is 21.8. The number of fused-ring (bicyclic) bond motifs is 3. The zero-order valence-corrected chi connectivity index (χ0v) is 21.8. The molecule has 7 rings (SSSR count). The van der Waals surface area contributed by atoms with Gasteiger partial charge in [-0.05, 0) is 72.8 Å². The van der Waals surface area contributed by atoms with Crippen molar-refractivity contribution >= 4 is 44.7 Å². The Kier molecular flexibility index (Phi) is 5.95. The number of nitrogens with zero attached hydrogens (tertiary/aromatic N) is 2. The summed E-state index contributed by atoms with van der Waals surface area (Å²) in [4.78, 5) is 15.3.